The summed E-state index contributed by atoms with van der Waals surface area (Å²) in [5.41, 5.74) is 1.35. The fourth-order valence-electron chi connectivity index (χ4n) is 1.77. The first-order chi connectivity index (χ1) is 6.36. The first-order valence-electron chi connectivity index (χ1n) is 4.71. The van der Waals surface area contributed by atoms with Crippen molar-refractivity contribution in [1.29, 1.82) is 0 Å². The van der Waals surface area contributed by atoms with Gasteiger partial charge in [-0.1, -0.05) is 6.42 Å². The van der Waals surface area contributed by atoms with Gasteiger partial charge < -0.3 is 5.32 Å². The van der Waals surface area contributed by atoms with Gasteiger partial charge in [-0.05, 0) is 53.0 Å². The minimum Gasteiger partial charge on any atom is -0.310 e. The summed E-state index contributed by atoms with van der Waals surface area (Å²) in [4.78, 5) is 4.12. The van der Waals surface area contributed by atoms with E-state index in [1.54, 1.807) is 0 Å². The molecule has 1 aliphatic rings. The Morgan fingerprint density at radius 2 is 2.38 bits per heavy atom. The standard InChI is InChI=1S/C10H13BrN2/c11-10-7-8(4-6-13-10)9-3-1-2-5-12-9/h4,6-7,9,12H,1-3,5H2/t9-/m0/s1. The van der Waals surface area contributed by atoms with Crippen molar-refractivity contribution >= 4 is 15.9 Å². The summed E-state index contributed by atoms with van der Waals surface area (Å²) in [7, 11) is 0. The van der Waals surface area contributed by atoms with E-state index in [0.717, 1.165) is 11.1 Å². The van der Waals surface area contributed by atoms with E-state index < -0.39 is 0 Å². The molecule has 70 valence electrons. The normalized spacial score (nSPS) is 23.0. The first kappa shape index (κ1) is 9.16. The van der Waals surface area contributed by atoms with Crippen molar-refractivity contribution in [1.82, 2.24) is 10.3 Å². The van der Waals surface area contributed by atoms with Crippen LogP contribution in [0.5, 0.6) is 0 Å². The second-order valence-corrected chi connectivity index (χ2v) is 4.23. The van der Waals surface area contributed by atoms with Crippen molar-refractivity contribution in [2.45, 2.75) is 25.3 Å². The average Bonchev–Trinajstić information content (AvgIpc) is 2.19. The molecule has 0 spiro atoms. The van der Waals surface area contributed by atoms with Crippen LogP contribution in [0.3, 0.4) is 0 Å². The van der Waals surface area contributed by atoms with E-state index in [1.165, 1.54) is 24.8 Å². The fraction of sp³-hybridized carbons (Fsp3) is 0.500. The Morgan fingerprint density at radius 1 is 1.46 bits per heavy atom. The summed E-state index contributed by atoms with van der Waals surface area (Å²) in [5, 5.41) is 3.51. The van der Waals surface area contributed by atoms with Crippen molar-refractivity contribution in [3.8, 4) is 0 Å². The molecular formula is C10H13BrN2. The van der Waals surface area contributed by atoms with Crippen LogP contribution in [0.2, 0.25) is 0 Å². The van der Waals surface area contributed by atoms with Gasteiger partial charge in [0.2, 0.25) is 0 Å². The van der Waals surface area contributed by atoms with E-state index in [0.29, 0.717) is 6.04 Å². The van der Waals surface area contributed by atoms with E-state index in [9.17, 15) is 0 Å². The lowest BCUT2D eigenvalue weighted by Gasteiger charge is -2.23. The summed E-state index contributed by atoms with van der Waals surface area (Å²) in [5.74, 6) is 0. The Labute approximate surface area is 86.9 Å². The zero-order chi connectivity index (χ0) is 9.10. The van der Waals surface area contributed by atoms with Crippen LogP contribution >= 0.6 is 15.9 Å². The Kier molecular flexibility index (Phi) is 2.96. The molecule has 13 heavy (non-hydrogen) atoms. The number of piperidine rings is 1. The molecule has 1 saturated heterocycles. The third-order valence-electron chi connectivity index (χ3n) is 2.46. The van der Waals surface area contributed by atoms with E-state index in [-0.39, 0.29) is 0 Å². The SMILES string of the molecule is Brc1cc([C@@H]2CCCCN2)ccn1. The second kappa shape index (κ2) is 4.20. The number of nitrogens with one attached hydrogen (secondary N) is 1. The molecule has 1 N–H and O–H groups in total. The van der Waals surface area contributed by atoms with Crippen molar-refractivity contribution < 1.29 is 0 Å². The predicted molar refractivity (Wildman–Crippen MR) is 56.5 cm³/mol. The van der Waals surface area contributed by atoms with Crippen LogP contribution in [0.4, 0.5) is 0 Å². The van der Waals surface area contributed by atoms with E-state index >= 15 is 0 Å². The summed E-state index contributed by atoms with van der Waals surface area (Å²) in [6, 6.07) is 4.73. The Bertz CT molecular complexity index is 282. The maximum atomic E-state index is 4.12. The molecule has 0 radical (unpaired) electrons. The Morgan fingerprint density at radius 3 is 3.08 bits per heavy atom. The molecule has 2 heterocycles. The van der Waals surface area contributed by atoms with Crippen LogP contribution < -0.4 is 5.32 Å². The molecule has 0 bridgehead atoms. The predicted octanol–water partition coefficient (Wildman–Crippen LogP) is 2.66. The van der Waals surface area contributed by atoms with Gasteiger partial charge in [0, 0.05) is 12.2 Å². The molecule has 1 aromatic heterocycles. The topological polar surface area (TPSA) is 24.9 Å². The van der Waals surface area contributed by atoms with Gasteiger partial charge in [0.05, 0.1) is 0 Å². The summed E-state index contributed by atoms with van der Waals surface area (Å²) >= 11 is 3.39. The molecule has 2 nitrogen and oxygen atoms in total. The quantitative estimate of drug-likeness (QED) is 0.764. The van der Waals surface area contributed by atoms with Gasteiger partial charge in [0.25, 0.3) is 0 Å². The van der Waals surface area contributed by atoms with Gasteiger partial charge in [-0.2, -0.15) is 0 Å². The highest BCUT2D eigenvalue weighted by atomic mass is 79.9. The second-order valence-electron chi connectivity index (χ2n) is 3.41. The Hall–Kier alpha value is -0.410. The summed E-state index contributed by atoms with van der Waals surface area (Å²) in [6.45, 7) is 1.14. The molecule has 1 atom stereocenters. The lowest BCUT2D eigenvalue weighted by atomic mass is 9.99. The first-order valence-corrected chi connectivity index (χ1v) is 5.50. The number of halogens is 1. The number of nitrogens with zero attached hydrogens (tertiary/aromatic N) is 1. The molecule has 0 unspecified atom stereocenters. The van der Waals surface area contributed by atoms with Gasteiger partial charge >= 0.3 is 0 Å². The molecule has 1 aliphatic heterocycles. The molecule has 1 aromatic rings. The highest BCUT2D eigenvalue weighted by Gasteiger charge is 2.14. The monoisotopic (exact) mass is 240 g/mol. The van der Waals surface area contributed by atoms with Crippen molar-refractivity contribution in [3.63, 3.8) is 0 Å². The smallest absolute Gasteiger partial charge is 0.106 e. The molecule has 3 heteroatoms. The summed E-state index contributed by atoms with van der Waals surface area (Å²) < 4.78 is 0.928. The fourth-order valence-corrected chi connectivity index (χ4v) is 2.15. The maximum absolute atomic E-state index is 4.12. The third kappa shape index (κ3) is 2.29. The average molecular weight is 241 g/mol. The van der Waals surface area contributed by atoms with Gasteiger partial charge in [-0.25, -0.2) is 4.98 Å². The summed E-state index contributed by atoms with van der Waals surface area (Å²) in [6.07, 6.45) is 5.74. The highest BCUT2D eigenvalue weighted by molar-refractivity contribution is 9.10. The number of hydrogen-bond acceptors (Lipinski definition) is 2. The largest absolute Gasteiger partial charge is 0.310 e. The lowest BCUT2D eigenvalue weighted by molar-refractivity contribution is 0.412. The number of pyridine rings is 1. The van der Waals surface area contributed by atoms with E-state index in [4.69, 9.17) is 0 Å². The van der Waals surface area contributed by atoms with E-state index in [1.807, 2.05) is 6.20 Å². The molecule has 1 fully saturated rings. The van der Waals surface area contributed by atoms with Crippen LogP contribution in [0, 0.1) is 0 Å². The lowest BCUT2D eigenvalue weighted by Crippen LogP contribution is -2.26. The van der Waals surface area contributed by atoms with Crippen molar-refractivity contribution in [2.75, 3.05) is 6.54 Å². The number of hydrogen-bond donors (Lipinski definition) is 1. The minimum atomic E-state index is 0.535. The van der Waals surface area contributed by atoms with Gasteiger partial charge in [-0.15, -0.1) is 0 Å². The van der Waals surface area contributed by atoms with Crippen LogP contribution in [-0.2, 0) is 0 Å². The van der Waals surface area contributed by atoms with Crippen LogP contribution in [0.25, 0.3) is 0 Å². The molecule has 0 aliphatic carbocycles. The highest BCUT2D eigenvalue weighted by Crippen LogP contribution is 2.23. The maximum Gasteiger partial charge on any atom is 0.106 e. The Balaban J connectivity index is 2.14. The number of aromatic nitrogens is 1. The van der Waals surface area contributed by atoms with Crippen LogP contribution in [0.15, 0.2) is 22.9 Å². The molecule has 0 saturated carbocycles. The molecule has 0 aromatic carbocycles. The van der Waals surface area contributed by atoms with Crippen LogP contribution in [-0.4, -0.2) is 11.5 Å². The van der Waals surface area contributed by atoms with Crippen LogP contribution in [0.1, 0.15) is 30.9 Å². The van der Waals surface area contributed by atoms with Gasteiger partial charge in [0.1, 0.15) is 4.60 Å². The number of rotatable bonds is 1. The zero-order valence-electron chi connectivity index (χ0n) is 7.46. The van der Waals surface area contributed by atoms with Crippen molar-refractivity contribution in [3.05, 3.63) is 28.5 Å². The zero-order valence-corrected chi connectivity index (χ0v) is 9.05. The third-order valence-corrected chi connectivity index (χ3v) is 2.90. The van der Waals surface area contributed by atoms with Gasteiger partial charge in [0.15, 0.2) is 0 Å². The molecular weight excluding hydrogens is 228 g/mol. The molecule has 2 rings (SSSR count). The molecule has 0 amide bonds. The minimum absolute atomic E-state index is 0.535. The van der Waals surface area contributed by atoms with E-state index in [2.05, 4.69) is 38.4 Å². The van der Waals surface area contributed by atoms with Gasteiger partial charge in [-0.3, -0.25) is 0 Å². The van der Waals surface area contributed by atoms with Crippen molar-refractivity contribution in [2.24, 2.45) is 0 Å².